The van der Waals surface area contributed by atoms with Crippen molar-refractivity contribution in [1.29, 1.82) is 0 Å². The van der Waals surface area contributed by atoms with Crippen molar-refractivity contribution < 1.29 is 0 Å². The maximum Gasteiger partial charge on any atom is 0.0479 e. The second-order valence-electron chi connectivity index (χ2n) is 2.65. The molecule has 11 heavy (non-hydrogen) atoms. The van der Waals surface area contributed by atoms with Crippen LogP contribution < -0.4 is 0 Å². The standard InChI is InChI=1S/C9H10BrCl/c1-6-3-8(10)4-7(2)9(6)5-11/h3-4H,5H2,1-2H3. The molecule has 2 heteroatoms. The molecule has 0 bridgehead atoms. The number of hydrogen-bond donors (Lipinski definition) is 0. The summed E-state index contributed by atoms with van der Waals surface area (Å²) in [5.74, 6) is 0.602. The van der Waals surface area contributed by atoms with Crippen LogP contribution in [0, 0.1) is 13.8 Å². The molecule has 1 rings (SSSR count). The van der Waals surface area contributed by atoms with Crippen LogP contribution in [-0.2, 0) is 5.88 Å². The zero-order chi connectivity index (χ0) is 8.43. The van der Waals surface area contributed by atoms with Crippen molar-refractivity contribution in [3.05, 3.63) is 33.3 Å². The lowest BCUT2D eigenvalue weighted by atomic mass is 10.1. The Labute approximate surface area is 80.7 Å². The van der Waals surface area contributed by atoms with E-state index in [0.717, 1.165) is 4.47 Å². The van der Waals surface area contributed by atoms with Crippen molar-refractivity contribution in [2.75, 3.05) is 0 Å². The Balaban J connectivity index is 3.25. The predicted octanol–water partition coefficient (Wildman–Crippen LogP) is 3.80. The summed E-state index contributed by atoms with van der Waals surface area (Å²) in [5, 5.41) is 0. The Hall–Kier alpha value is -0.0100. The van der Waals surface area contributed by atoms with Gasteiger partial charge in [-0.25, -0.2) is 0 Å². The Kier molecular flexibility index (Phi) is 2.97. The van der Waals surface area contributed by atoms with E-state index in [1.165, 1.54) is 16.7 Å². The highest BCUT2D eigenvalue weighted by Gasteiger charge is 2.01. The molecule has 0 saturated carbocycles. The highest BCUT2D eigenvalue weighted by molar-refractivity contribution is 9.10. The lowest BCUT2D eigenvalue weighted by Gasteiger charge is -2.06. The monoisotopic (exact) mass is 232 g/mol. The van der Waals surface area contributed by atoms with E-state index in [2.05, 4.69) is 41.9 Å². The Morgan fingerprint density at radius 3 is 2.09 bits per heavy atom. The fourth-order valence-electron chi connectivity index (χ4n) is 1.15. The number of alkyl halides is 1. The van der Waals surface area contributed by atoms with Crippen molar-refractivity contribution >= 4 is 27.5 Å². The van der Waals surface area contributed by atoms with E-state index in [-0.39, 0.29) is 0 Å². The van der Waals surface area contributed by atoms with Gasteiger partial charge in [0.1, 0.15) is 0 Å². The average Bonchev–Trinajstić information content (AvgIpc) is 1.85. The molecule has 0 aliphatic heterocycles. The number of hydrogen-bond acceptors (Lipinski definition) is 0. The molecule has 0 aliphatic rings. The largest absolute Gasteiger partial charge is 0.122 e. The Morgan fingerprint density at radius 2 is 1.73 bits per heavy atom. The van der Waals surface area contributed by atoms with Gasteiger partial charge in [-0.1, -0.05) is 15.9 Å². The van der Waals surface area contributed by atoms with Gasteiger partial charge >= 0.3 is 0 Å². The molecule has 0 nitrogen and oxygen atoms in total. The molecule has 1 aromatic rings. The first-order valence-electron chi connectivity index (χ1n) is 3.46. The van der Waals surface area contributed by atoms with E-state index in [9.17, 15) is 0 Å². The molecule has 0 unspecified atom stereocenters. The molecule has 0 aromatic heterocycles. The zero-order valence-corrected chi connectivity index (χ0v) is 8.96. The molecule has 1 aromatic carbocycles. The summed E-state index contributed by atoms with van der Waals surface area (Å²) < 4.78 is 1.13. The van der Waals surface area contributed by atoms with Gasteiger partial charge in [0.15, 0.2) is 0 Å². The van der Waals surface area contributed by atoms with Crippen molar-refractivity contribution in [3.8, 4) is 0 Å². The summed E-state index contributed by atoms with van der Waals surface area (Å²) in [4.78, 5) is 0. The van der Waals surface area contributed by atoms with Crippen molar-refractivity contribution in [2.24, 2.45) is 0 Å². The average molecular weight is 234 g/mol. The molecule has 0 saturated heterocycles. The van der Waals surface area contributed by atoms with E-state index in [4.69, 9.17) is 11.6 Å². The van der Waals surface area contributed by atoms with Crippen molar-refractivity contribution in [2.45, 2.75) is 19.7 Å². The second kappa shape index (κ2) is 3.59. The molecule has 0 amide bonds. The highest BCUT2D eigenvalue weighted by Crippen LogP contribution is 2.21. The molecular weight excluding hydrogens is 223 g/mol. The Bertz CT molecular complexity index is 245. The van der Waals surface area contributed by atoms with Gasteiger partial charge in [0, 0.05) is 10.4 Å². The third kappa shape index (κ3) is 1.97. The van der Waals surface area contributed by atoms with Gasteiger partial charge in [0.05, 0.1) is 0 Å². The van der Waals surface area contributed by atoms with Gasteiger partial charge < -0.3 is 0 Å². The lowest BCUT2D eigenvalue weighted by Crippen LogP contribution is -1.89. The number of aryl methyl sites for hydroxylation is 2. The Morgan fingerprint density at radius 1 is 1.27 bits per heavy atom. The first kappa shape index (κ1) is 9.08. The zero-order valence-electron chi connectivity index (χ0n) is 6.62. The maximum absolute atomic E-state index is 5.77. The van der Waals surface area contributed by atoms with Crippen LogP contribution in [0.15, 0.2) is 16.6 Å². The number of rotatable bonds is 1. The SMILES string of the molecule is Cc1cc(Br)cc(C)c1CCl. The summed E-state index contributed by atoms with van der Waals surface area (Å²) >= 11 is 9.21. The molecule has 0 heterocycles. The first-order valence-corrected chi connectivity index (χ1v) is 4.79. The van der Waals surface area contributed by atoms with E-state index in [0.29, 0.717) is 5.88 Å². The molecule has 0 atom stereocenters. The minimum Gasteiger partial charge on any atom is -0.122 e. The molecule has 0 spiro atoms. The van der Waals surface area contributed by atoms with Crippen molar-refractivity contribution in [3.63, 3.8) is 0 Å². The van der Waals surface area contributed by atoms with E-state index in [1.807, 2.05) is 0 Å². The smallest absolute Gasteiger partial charge is 0.0479 e. The van der Waals surface area contributed by atoms with Gasteiger partial charge in [-0.15, -0.1) is 11.6 Å². The van der Waals surface area contributed by atoms with Gasteiger partial charge in [-0.05, 0) is 42.7 Å². The van der Waals surface area contributed by atoms with Crippen molar-refractivity contribution in [1.82, 2.24) is 0 Å². The van der Waals surface area contributed by atoms with Gasteiger partial charge in [0.2, 0.25) is 0 Å². The molecule has 0 N–H and O–H groups in total. The van der Waals surface area contributed by atoms with Crippen LogP contribution in [0.3, 0.4) is 0 Å². The second-order valence-corrected chi connectivity index (χ2v) is 3.83. The minimum absolute atomic E-state index is 0.602. The number of benzene rings is 1. The predicted molar refractivity (Wildman–Crippen MR) is 53.2 cm³/mol. The fourth-order valence-corrected chi connectivity index (χ4v) is 2.26. The maximum atomic E-state index is 5.77. The molecule has 0 fully saturated rings. The van der Waals surface area contributed by atoms with E-state index in [1.54, 1.807) is 0 Å². The fraction of sp³-hybridized carbons (Fsp3) is 0.333. The summed E-state index contributed by atoms with van der Waals surface area (Å²) in [6, 6.07) is 4.18. The third-order valence-electron chi connectivity index (χ3n) is 1.79. The quantitative estimate of drug-likeness (QED) is 0.647. The van der Waals surface area contributed by atoms with E-state index >= 15 is 0 Å². The highest BCUT2D eigenvalue weighted by atomic mass is 79.9. The van der Waals surface area contributed by atoms with Crippen LogP contribution in [0.5, 0.6) is 0 Å². The van der Waals surface area contributed by atoms with Crippen LogP contribution >= 0.6 is 27.5 Å². The third-order valence-corrected chi connectivity index (χ3v) is 2.52. The minimum atomic E-state index is 0.602. The van der Waals surface area contributed by atoms with Crippen LogP contribution in [0.2, 0.25) is 0 Å². The number of halogens is 2. The van der Waals surface area contributed by atoms with E-state index < -0.39 is 0 Å². The molecular formula is C9H10BrCl. The first-order chi connectivity index (χ1) is 5.15. The van der Waals surface area contributed by atoms with Gasteiger partial charge in [-0.3, -0.25) is 0 Å². The van der Waals surface area contributed by atoms with Gasteiger partial charge in [0.25, 0.3) is 0 Å². The lowest BCUT2D eigenvalue weighted by molar-refractivity contribution is 1.22. The molecule has 0 aliphatic carbocycles. The summed E-state index contributed by atoms with van der Waals surface area (Å²) in [7, 11) is 0. The summed E-state index contributed by atoms with van der Waals surface area (Å²) in [6.07, 6.45) is 0. The molecule has 0 radical (unpaired) electrons. The van der Waals surface area contributed by atoms with Crippen LogP contribution in [0.25, 0.3) is 0 Å². The van der Waals surface area contributed by atoms with Gasteiger partial charge in [-0.2, -0.15) is 0 Å². The topological polar surface area (TPSA) is 0 Å². The van der Waals surface area contributed by atoms with Crippen LogP contribution in [-0.4, -0.2) is 0 Å². The van der Waals surface area contributed by atoms with Crippen LogP contribution in [0.4, 0.5) is 0 Å². The summed E-state index contributed by atoms with van der Waals surface area (Å²) in [5.41, 5.74) is 3.76. The summed E-state index contributed by atoms with van der Waals surface area (Å²) in [6.45, 7) is 4.16. The normalized spacial score (nSPS) is 10.2. The molecule has 60 valence electrons. The van der Waals surface area contributed by atoms with Crippen LogP contribution in [0.1, 0.15) is 16.7 Å².